The zero-order chi connectivity index (χ0) is 51.5. The van der Waals surface area contributed by atoms with E-state index >= 15 is 0 Å². The summed E-state index contributed by atoms with van der Waals surface area (Å²) in [6, 6.07) is 10.5. The van der Waals surface area contributed by atoms with E-state index in [2.05, 4.69) is 35.8 Å². The van der Waals surface area contributed by atoms with Gasteiger partial charge >= 0.3 is 11.9 Å². The van der Waals surface area contributed by atoms with E-state index in [4.69, 9.17) is 9.47 Å². The van der Waals surface area contributed by atoms with Gasteiger partial charge in [-0.25, -0.2) is 9.59 Å². The summed E-state index contributed by atoms with van der Waals surface area (Å²) in [4.78, 5) is 31.4. The third-order valence-electron chi connectivity index (χ3n) is 9.04. The van der Waals surface area contributed by atoms with Crippen molar-refractivity contribution >= 4 is 92.9 Å². The lowest BCUT2D eigenvalue weighted by molar-refractivity contribution is -0.385. The van der Waals surface area contributed by atoms with Crippen LogP contribution in [-0.2, 0) is 30.4 Å². The minimum Gasteiger partial charge on any atom is -0.505 e. The van der Waals surface area contributed by atoms with Crippen LogP contribution in [0.2, 0.25) is 0 Å². The van der Waals surface area contributed by atoms with Crippen molar-refractivity contribution in [3.63, 3.8) is 0 Å². The van der Waals surface area contributed by atoms with E-state index in [-0.39, 0.29) is 39.3 Å². The van der Waals surface area contributed by atoms with Gasteiger partial charge in [-0.05, 0) is 53.9 Å². The first-order chi connectivity index (χ1) is 32.8. The molecule has 6 rings (SSSR count). The number of nitrogens with zero attached hydrogens (tertiary/aromatic N) is 9. The number of aromatic carboxylic acids is 2. The first kappa shape index (κ1) is 51.0. The fraction of sp³-hybridized carbons (Fsp3) is 0.108. The molecule has 0 bridgehead atoms. The van der Waals surface area contributed by atoms with E-state index < -0.39 is 140 Å². The van der Waals surface area contributed by atoms with Crippen molar-refractivity contribution < 1.29 is 93.5 Å². The Morgan fingerprint density at radius 1 is 0.643 bits per heavy atom. The predicted molar refractivity (Wildman–Crippen MR) is 231 cm³/mol. The van der Waals surface area contributed by atoms with Crippen molar-refractivity contribution in [2.45, 2.75) is 14.7 Å². The van der Waals surface area contributed by atoms with E-state index in [1.165, 1.54) is 0 Å². The number of nitro groups is 1. The summed E-state index contributed by atoms with van der Waals surface area (Å²) >= 11 is 0. The molecule has 1 aromatic heterocycles. The Hall–Kier alpha value is -8.44. The van der Waals surface area contributed by atoms with Gasteiger partial charge in [-0.2, -0.15) is 35.0 Å². The topological polar surface area (TPSA) is 472 Å². The second-order valence-electron chi connectivity index (χ2n) is 13.6. The summed E-state index contributed by atoms with van der Waals surface area (Å²) in [5.41, 5.74) is -6.30. The molecule has 9 N–H and O–H groups in total. The van der Waals surface area contributed by atoms with Gasteiger partial charge in [0, 0.05) is 29.7 Å². The van der Waals surface area contributed by atoms with Gasteiger partial charge in [0.05, 0.1) is 34.3 Å². The molecule has 70 heavy (non-hydrogen) atoms. The van der Waals surface area contributed by atoms with Crippen molar-refractivity contribution in [1.29, 1.82) is 0 Å². The number of benzene rings is 5. The molecule has 0 fully saturated rings. The molecule has 0 radical (unpaired) electrons. The molecule has 0 spiro atoms. The first-order valence-corrected chi connectivity index (χ1v) is 23.0. The molecule has 0 unspecified atom stereocenters. The summed E-state index contributed by atoms with van der Waals surface area (Å²) in [5.74, 6) is -6.15. The maximum absolute atomic E-state index is 12.8. The molecule has 366 valence electrons. The summed E-state index contributed by atoms with van der Waals surface area (Å²) in [5, 5.41) is 98.1. The van der Waals surface area contributed by atoms with Crippen LogP contribution in [0.5, 0.6) is 23.1 Å². The van der Waals surface area contributed by atoms with Crippen LogP contribution in [0.1, 0.15) is 20.8 Å². The molecule has 5 aromatic carbocycles. The van der Waals surface area contributed by atoms with Crippen LogP contribution >= 0.6 is 0 Å². The van der Waals surface area contributed by atoms with Crippen LogP contribution in [0, 0.1) is 10.1 Å². The number of hydrogen-bond acceptors (Lipinski definition) is 23. The van der Waals surface area contributed by atoms with Gasteiger partial charge in [0.2, 0.25) is 11.6 Å². The Balaban J connectivity index is 1.44. The van der Waals surface area contributed by atoms with Crippen molar-refractivity contribution in [3.05, 3.63) is 94.2 Å². The Morgan fingerprint density at radius 2 is 1.20 bits per heavy atom. The van der Waals surface area contributed by atoms with Gasteiger partial charge in [-0.1, -0.05) is 0 Å². The number of carboxylic acid groups (broad SMARTS) is 2. The van der Waals surface area contributed by atoms with Gasteiger partial charge < -0.3 is 40.1 Å². The number of carboxylic acids is 2. The third kappa shape index (κ3) is 11.1. The Labute approximate surface area is 389 Å². The molecule has 0 saturated heterocycles. The average molecular weight is 1030 g/mol. The molecule has 0 aliphatic carbocycles. The van der Waals surface area contributed by atoms with Crippen LogP contribution in [0.3, 0.4) is 0 Å². The molecule has 1 heterocycles. The van der Waals surface area contributed by atoms with Gasteiger partial charge in [0.25, 0.3) is 36.0 Å². The van der Waals surface area contributed by atoms with Gasteiger partial charge in [-0.3, -0.25) is 23.8 Å². The molecule has 0 amide bonds. The quantitative estimate of drug-likeness (QED) is 0.0210. The summed E-state index contributed by atoms with van der Waals surface area (Å²) < 4.78 is 114. The van der Waals surface area contributed by atoms with Crippen LogP contribution in [0.4, 0.5) is 39.8 Å². The highest BCUT2D eigenvalue weighted by Gasteiger charge is 2.27. The summed E-state index contributed by atoms with van der Waals surface area (Å²) in [7, 11) is -15.3. The number of ether oxygens (including phenoxy) is 2. The lowest BCUT2D eigenvalue weighted by Gasteiger charge is -2.13. The smallest absolute Gasteiger partial charge is 0.358 e. The SMILES string of the molecule is O=C(O)c1cc(S(=O)(=O)O)ccc1/N=N/c1c(C(=O)O)nn(-c2ccc3c(O)c(/N=N/c4cc(OCCO)c(/N=N/c5ccc([N+](=O)[O-])cc5S(=O)(=O)O)cc4OCCO)c(S(=O)(=O)O)cc3c2)c1O. The number of carbonyl (C=O) groups is 2. The highest BCUT2D eigenvalue weighted by atomic mass is 32.2. The summed E-state index contributed by atoms with van der Waals surface area (Å²) in [6.07, 6.45) is 0. The zero-order valence-electron chi connectivity index (χ0n) is 34.4. The van der Waals surface area contributed by atoms with E-state index in [1.54, 1.807) is 0 Å². The molecular weight excluding hydrogens is 1000 g/mol. The molecule has 30 nitrogen and oxygen atoms in total. The number of aliphatic hydroxyl groups is 2. The highest BCUT2D eigenvalue weighted by Crippen LogP contribution is 2.46. The number of fused-ring (bicyclic) bond motifs is 1. The molecule has 0 atom stereocenters. The fourth-order valence-electron chi connectivity index (χ4n) is 5.97. The molecule has 33 heteroatoms. The highest BCUT2D eigenvalue weighted by molar-refractivity contribution is 7.86. The number of aromatic hydroxyl groups is 2. The number of aromatic nitrogens is 2. The van der Waals surface area contributed by atoms with E-state index in [1.807, 2.05) is 0 Å². The summed E-state index contributed by atoms with van der Waals surface area (Å²) in [6.45, 7) is -2.04. The molecule has 0 saturated carbocycles. The van der Waals surface area contributed by atoms with Crippen LogP contribution in [0.25, 0.3) is 16.5 Å². The lowest BCUT2D eigenvalue weighted by Crippen LogP contribution is -2.04. The molecule has 6 aromatic rings. The largest absolute Gasteiger partial charge is 0.505 e. The minimum absolute atomic E-state index is 0.209. The fourth-order valence-corrected chi connectivity index (χ4v) is 7.78. The Morgan fingerprint density at radius 3 is 1.74 bits per heavy atom. The van der Waals surface area contributed by atoms with Crippen molar-refractivity contribution in [2.75, 3.05) is 26.4 Å². The second-order valence-corrected chi connectivity index (χ2v) is 17.8. The number of aliphatic hydroxyl groups excluding tert-OH is 2. The van der Waals surface area contributed by atoms with Gasteiger partial charge in [0.1, 0.15) is 62.9 Å². The number of phenols is 1. The molecular formula is C37H29N9O21S3. The van der Waals surface area contributed by atoms with Crippen LogP contribution in [0.15, 0.2) is 118 Å². The minimum atomic E-state index is -5.33. The number of phenolic OH excluding ortho intramolecular Hbond substituents is 1. The standard InChI is InChI=1S/C37H29N9O21S3/c47-7-9-66-27-16-26(28(67-10-8-48)15-25(27)40-39-24-5-2-19(46(55)56)13-29(24)69(60,61)62)41-42-31-30(70(63,64)65)12-17-11-18(1-4-21(17)34(31)49)45-35(50)32(33(44-45)37(53)54)43-38-23-6-3-20(68(57,58)59)14-22(23)36(51)52/h1-6,11-16,47-50H,7-10H2,(H,51,52)(H,53,54)(H,57,58,59)(H,60,61,62)(H,63,64,65)/b40-39+,42-41+,43-38+. The van der Waals surface area contributed by atoms with Crippen molar-refractivity contribution in [3.8, 4) is 28.8 Å². The van der Waals surface area contributed by atoms with Crippen molar-refractivity contribution in [2.24, 2.45) is 30.7 Å². The zero-order valence-corrected chi connectivity index (χ0v) is 36.9. The molecule has 0 aliphatic rings. The van der Waals surface area contributed by atoms with Gasteiger partial charge in [-0.15, -0.1) is 30.7 Å². The van der Waals surface area contributed by atoms with Crippen LogP contribution < -0.4 is 9.47 Å². The van der Waals surface area contributed by atoms with E-state index in [0.717, 1.165) is 60.7 Å². The second kappa shape index (κ2) is 20.0. The number of non-ortho nitro benzene ring substituents is 1. The van der Waals surface area contributed by atoms with Crippen molar-refractivity contribution in [1.82, 2.24) is 9.78 Å². The van der Waals surface area contributed by atoms with Crippen LogP contribution in [-0.4, -0.2) is 123 Å². The number of rotatable bonds is 19. The lowest BCUT2D eigenvalue weighted by atomic mass is 10.1. The van der Waals surface area contributed by atoms with E-state index in [0.29, 0.717) is 16.8 Å². The van der Waals surface area contributed by atoms with Gasteiger partial charge in [0.15, 0.2) is 11.4 Å². The maximum atomic E-state index is 12.8. The third-order valence-corrected chi connectivity index (χ3v) is 11.6. The Kier molecular flexibility index (Phi) is 14.6. The first-order valence-electron chi connectivity index (χ1n) is 18.7. The van der Waals surface area contributed by atoms with E-state index in [9.17, 15) is 89.3 Å². The monoisotopic (exact) mass is 1030 g/mol. The number of azo groups is 3. The normalized spacial score (nSPS) is 12.4. The Bertz CT molecular complexity index is 3580. The number of nitro benzene ring substituents is 1. The maximum Gasteiger partial charge on any atom is 0.358 e. The number of hydrogen-bond donors (Lipinski definition) is 9. The predicted octanol–water partition coefficient (Wildman–Crippen LogP) is 5.47. The average Bonchev–Trinajstić information content (AvgIpc) is 3.62. The molecule has 0 aliphatic heterocycles.